The van der Waals surface area contributed by atoms with Crippen molar-refractivity contribution in [2.24, 2.45) is 0 Å². The van der Waals surface area contributed by atoms with Crippen molar-refractivity contribution in [2.45, 2.75) is 38.9 Å². The van der Waals surface area contributed by atoms with Gasteiger partial charge in [0.05, 0.1) is 19.8 Å². The first kappa shape index (κ1) is 15.6. The van der Waals surface area contributed by atoms with Crippen molar-refractivity contribution in [1.29, 1.82) is 0 Å². The fourth-order valence-electron chi connectivity index (χ4n) is 1.55. The van der Waals surface area contributed by atoms with Crippen molar-refractivity contribution in [2.75, 3.05) is 13.7 Å². The van der Waals surface area contributed by atoms with Crippen LogP contribution in [0.3, 0.4) is 0 Å². The number of hydrogen-bond acceptors (Lipinski definition) is 3. The molecule has 3 heteroatoms. The summed E-state index contributed by atoms with van der Waals surface area (Å²) in [5.41, 5.74) is 1.10. The van der Waals surface area contributed by atoms with E-state index < -0.39 is 6.10 Å². The molecular weight excluding hydrogens is 240 g/mol. The molecular formula is C16H22O3. The molecule has 1 aromatic rings. The lowest BCUT2D eigenvalue weighted by molar-refractivity contribution is 0.0753. The first-order valence-corrected chi connectivity index (χ1v) is 6.60. The summed E-state index contributed by atoms with van der Waals surface area (Å²) in [6.07, 6.45) is 1.59. The molecule has 0 aromatic heterocycles. The number of methoxy groups -OCH3 is 1. The third-order valence-corrected chi connectivity index (χ3v) is 2.66. The highest BCUT2D eigenvalue weighted by molar-refractivity contribution is 5.26. The summed E-state index contributed by atoms with van der Waals surface area (Å²) in [5, 5.41) is 9.64. The summed E-state index contributed by atoms with van der Waals surface area (Å²) in [7, 11) is 1.65. The largest absolute Gasteiger partial charge is 0.497 e. The van der Waals surface area contributed by atoms with Crippen LogP contribution in [0.5, 0.6) is 5.75 Å². The van der Waals surface area contributed by atoms with Crippen LogP contribution in [0.25, 0.3) is 0 Å². The highest BCUT2D eigenvalue weighted by Gasteiger charge is 2.02. The zero-order valence-electron chi connectivity index (χ0n) is 11.7. The van der Waals surface area contributed by atoms with Gasteiger partial charge in [-0.1, -0.05) is 19.1 Å². The summed E-state index contributed by atoms with van der Waals surface area (Å²) >= 11 is 0. The minimum absolute atomic E-state index is 0.394. The van der Waals surface area contributed by atoms with Gasteiger partial charge in [0, 0.05) is 19.4 Å². The number of ether oxygens (including phenoxy) is 2. The van der Waals surface area contributed by atoms with Gasteiger partial charge in [0.1, 0.15) is 5.75 Å². The Balaban J connectivity index is 2.15. The van der Waals surface area contributed by atoms with Crippen LogP contribution in [0.1, 0.15) is 31.7 Å². The van der Waals surface area contributed by atoms with Crippen LogP contribution in [0.4, 0.5) is 0 Å². The van der Waals surface area contributed by atoms with Gasteiger partial charge in [-0.05, 0) is 24.1 Å². The third-order valence-electron chi connectivity index (χ3n) is 2.66. The SMILES string of the molecule is CCC#CC[C@H](O)CCOCc1ccc(OC)cc1. The lowest BCUT2D eigenvalue weighted by atomic mass is 10.2. The molecule has 1 atom stereocenters. The molecule has 0 saturated heterocycles. The molecule has 0 aliphatic carbocycles. The first-order chi connectivity index (χ1) is 9.26. The molecule has 3 nitrogen and oxygen atoms in total. The van der Waals surface area contributed by atoms with Crippen molar-refractivity contribution in [1.82, 2.24) is 0 Å². The molecule has 0 saturated carbocycles. The molecule has 0 bridgehead atoms. The van der Waals surface area contributed by atoms with Gasteiger partial charge in [0.25, 0.3) is 0 Å². The van der Waals surface area contributed by atoms with Crippen molar-refractivity contribution in [3.8, 4) is 17.6 Å². The molecule has 104 valence electrons. The highest BCUT2D eigenvalue weighted by atomic mass is 16.5. The van der Waals surface area contributed by atoms with E-state index in [1.165, 1.54) is 0 Å². The van der Waals surface area contributed by atoms with E-state index in [4.69, 9.17) is 9.47 Å². The fraction of sp³-hybridized carbons (Fsp3) is 0.500. The van der Waals surface area contributed by atoms with E-state index >= 15 is 0 Å². The predicted molar refractivity (Wildman–Crippen MR) is 76.0 cm³/mol. The molecule has 0 aliphatic heterocycles. The van der Waals surface area contributed by atoms with Crippen LogP contribution in [-0.4, -0.2) is 24.9 Å². The summed E-state index contributed by atoms with van der Waals surface area (Å²) < 4.78 is 10.6. The quantitative estimate of drug-likeness (QED) is 0.606. The van der Waals surface area contributed by atoms with E-state index in [1.54, 1.807) is 7.11 Å². The number of aliphatic hydroxyl groups is 1. The topological polar surface area (TPSA) is 38.7 Å². The zero-order chi connectivity index (χ0) is 13.9. The Hall–Kier alpha value is -1.50. The molecule has 0 spiro atoms. The van der Waals surface area contributed by atoms with Crippen LogP contribution in [0.2, 0.25) is 0 Å². The van der Waals surface area contributed by atoms with Crippen LogP contribution < -0.4 is 4.74 Å². The second kappa shape index (κ2) is 9.43. The molecule has 19 heavy (non-hydrogen) atoms. The van der Waals surface area contributed by atoms with E-state index in [-0.39, 0.29) is 0 Å². The lowest BCUT2D eigenvalue weighted by Gasteiger charge is -2.08. The molecule has 0 unspecified atom stereocenters. The van der Waals surface area contributed by atoms with Gasteiger partial charge in [-0.3, -0.25) is 0 Å². The lowest BCUT2D eigenvalue weighted by Crippen LogP contribution is -2.09. The average Bonchev–Trinajstić information content (AvgIpc) is 2.44. The monoisotopic (exact) mass is 262 g/mol. The number of aliphatic hydroxyl groups excluding tert-OH is 1. The van der Waals surface area contributed by atoms with Crippen LogP contribution >= 0.6 is 0 Å². The van der Waals surface area contributed by atoms with E-state index in [1.807, 2.05) is 31.2 Å². The van der Waals surface area contributed by atoms with E-state index in [2.05, 4.69) is 11.8 Å². The van der Waals surface area contributed by atoms with Gasteiger partial charge in [-0.15, -0.1) is 11.8 Å². The van der Waals surface area contributed by atoms with E-state index in [0.717, 1.165) is 17.7 Å². The molecule has 0 aliphatic rings. The molecule has 1 aromatic carbocycles. The maximum Gasteiger partial charge on any atom is 0.118 e. The van der Waals surface area contributed by atoms with Crippen molar-refractivity contribution in [3.05, 3.63) is 29.8 Å². The third kappa shape index (κ3) is 6.85. The normalized spacial score (nSPS) is 11.5. The molecule has 0 radical (unpaired) electrons. The molecule has 1 rings (SSSR count). The predicted octanol–water partition coefficient (Wildman–Crippen LogP) is 2.77. The van der Waals surface area contributed by atoms with E-state index in [9.17, 15) is 5.11 Å². The minimum atomic E-state index is -0.394. The van der Waals surface area contributed by atoms with Gasteiger partial charge in [0.15, 0.2) is 0 Å². The molecule has 0 fully saturated rings. The van der Waals surface area contributed by atoms with Gasteiger partial charge in [-0.25, -0.2) is 0 Å². The number of hydrogen-bond donors (Lipinski definition) is 1. The smallest absolute Gasteiger partial charge is 0.118 e. The Bertz CT molecular complexity index is 400. The van der Waals surface area contributed by atoms with Crippen molar-refractivity contribution < 1.29 is 14.6 Å². The van der Waals surface area contributed by atoms with E-state index in [0.29, 0.717) is 26.1 Å². The van der Waals surface area contributed by atoms with Crippen molar-refractivity contribution in [3.63, 3.8) is 0 Å². The summed E-state index contributed by atoms with van der Waals surface area (Å²) in [6.45, 7) is 3.09. The standard InChI is InChI=1S/C16H22O3/c1-3-4-5-6-15(17)11-12-19-13-14-7-9-16(18-2)10-8-14/h7-10,15,17H,3,6,11-13H2,1-2H3/t15-/m0/s1. The second-order valence-electron chi connectivity index (χ2n) is 4.25. The zero-order valence-corrected chi connectivity index (χ0v) is 11.7. The Labute approximate surface area is 115 Å². The van der Waals surface area contributed by atoms with Gasteiger partial charge in [-0.2, -0.15) is 0 Å². The summed E-state index contributed by atoms with van der Waals surface area (Å²) in [4.78, 5) is 0. The Morgan fingerprint density at radius 2 is 1.95 bits per heavy atom. The Morgan fingerprint density at radius 1 is 1.21 bits per heavy atom. The maximum absolute atomic E-state index is 9.64. The van der Waals surface area contributed by atoms with Crippen LogP contribution in [0, 0.1) is 11.8 Å². The van der Waals surface area contributed by atoms with Crippen molar-refractivity contribution >= 4 is 0 Å². The highest BCUT2D eigenvalue weighted by Crippen LogP contribution is 2.12. The summed E-state index contributed by atoms with van der Waals surface area (Å²) in [6, 6.07) is 7.77. The molecule has 0 amide bonds. The fourth-order valence-corrected chi connectivity index (χ4v) is 1.55. The number of rotatable bonds is 7. The Kier molecular flexibility index (Phi) is 7.72. The van der Waals surface area contributed by atoms with Gasteiger partial charge < -0.3 is 14.6 Å². The summed E-state index contributed by atoms with van der Waals surface area (Å²) in [5.74, 6) is 6.72. The molecule has 1 N–H and O–H groups in total. The van der Waals surface area contributed by atoms with Crippen LogP contribution in [0.15, 0.2) is 24.3 Å². The second-order valence-corrected chi connectivity index (χ2v) is 4.25. The Morgan fingerprint density at radius 3 is 2.58 bits per heavy atom. The van der Waals surface area contributed by atoms with Gasteiger partial charge in [0.2, 0.25) is 0 Å². The minimum Gasteiger partial charge on any atom is -0.497 e. The van der Waals surface area contributed by atoms with Gasteiger partial charge >= 0.3 is 0 Å². The molecule has 0 heterocycles. The number of benzene rings is 1. The average molecular weight is 262 g/mol. The first-order valence-electron chi connectivity index (χ1n) is 6.60. The maximum atomic E-state index is 9.64. The van der Waals surface area contributed by atoms with Crippen LogP contribution in [-0.2, 0) is 11.3 Å².